The molecule has 0 aromatic heterocycles. The summed E-state index contributed by atoms with van der Waals surface area (Å²) in [6.45, 7) is 2.41. The minimum absolute atomic E-state index is 0. The molecule has 0 aliphatic heterocycles. The van der Waals surface area contributed by atoms with E-state index in [9.17, 15) is 0 Å². The minimum atomic E-state index is -0.00361. The SMILES string of the molecule is CCOc1cc(OC)ccc1C(=N)N.Cl. The van der Waals surface area contributed by atoms with Crippen LogP contribution in [0.4, 0.5) is 0 Å². The lowest BCUT2D eigenvalue weighted by atomic mass is 10.2. The number of methoxy groups -OCH3 is 1. The smallest absolute Gasteiger partial charge is 0.133 e. The van der Waals surface area contributed by atoms with Crippen molar-refractivity contribution in [3.8, 4) is 11.5 Å². The Bertz CT molecular complexity index is 342. The van der Waals surface area contributed by atoms with Crippen LogP contribution < -0.4 is 15.2 Å². The third kappa shape index (κ3) is 3.32. The van der Waals surface area contributed by atoms with Crippen molar-refractivity contribution in [2.45, 2.75) is 6.92 Å². The van der Waals surface area contributed by atoms with Gasteiger partial charge in [-0.25, -0.2) is 0 Å². The van der Waals surface area contributed by atoms with Crippen LogP contribution in [0.2, 0.25) is 0 Å². The third-order valence-electron chi connectivity index (χ3n) is 1.78. The molecule has 0 fully saturated rings. The predicted octanol–water partition coefficient (Wildman–Crippen LogP) is 1.80. The molecule has 0 saturated carbocycles. The van der Waals surface area contributed by atoms with Crippen LogP contribution in [0.5, 0.6) is 11.5 Å². The molecule has 0 saturated heterocycles. The summed E-state index contributed by atoms with van der Waals surface area (Å²) in [5.41, 5.74) is 5.99. The van der Waals surface area contributed by atoms with E-state index in [2.05, 4.69) is 0 Å². The molecule has 0 radical (unpaired) electrons. The molecule has 0 aliphatic rings. The average Bonchev–Trinajstić information content (AvgIpc) is 2.17. The van der Waals surface area contributed by atoms with E-state index in [1.165, 1.54) is 0 Å². The van der Waals surface area contributed by atoms with E-state index in [1.54, 1.807) is 25.3 Å². The highest BCUT2D eigenvalue weighted by Crippen LogP contribution is 2.24. The number of nitrogen functional groups attached to an aromatic ring is 1. The topological polar surface area (TPSA) is 68.3 Å². The second-order valence-corrected chi connectivity index (χ2v) is 2.71. The van der Waals surface area contributed by atoms with Crippen LogP contribution in [-0.4, -0.2) is 19.6 Å². The van der Waals surface area contributed by atoms with Gasteiger partial charge in [-0.3, -0.25) is 5.41 Å². The Balaban J connectivity index is 0.00000196. The predicted molar refractivity (Wildman–Crippen MR) is 62.4 cm³/mol. The zero-order chi connectivity index (χ0) is 10.6. The number of ether oxygens (including phenoxy) is 2. The van der Waals surface area contributed by atoms with Crippen LogP contribution >= 0.6 is 12.4 Å². The third-order valence-corrected chi connectivity index (χ3v) is 1.78. The summed E-state index contributed by atoms with van der Waals surface area (Å²) in [6, 6.07) is 5.19. The van der Waals surface area contributed by atoms with Crippen molar-refractivity contribution >= 4 is 18.2 Å². The van der Waals surface area contributed by atoms with E-state index in [1.807, 2.05) is 6.92 Å². The first kappa shape index (κ1) is 13.6. The van der Waals surface area contributed by atoms with E-state index in [4.69, 9.17) is 20.6 Å². The van der Waals surface area contributed by atoms with Gasteiger partial charge < -0.3 is 15.2 Å². The highest BCUT2D eigenvalue weighted by molar-refractivity contribution is 5.97. The minimum Gasteiger partial charge on any atom is -0.497 e. The number of halogens is 1. The van der Waals surface area contributed by atoms with Crippen molar-refractivity contribution in [2.75, 3.05) is 13.7 Å². The lowest BCUT2D eigenvalue weighted by molar-refractivity contribution is 0.335. The summed E-state index contributed by atoms with van der Waals surface area (Å²) < 4.78 is 10.4. The Kier molecular flexibility index (Phi) is 5.56. The average molecular weight is 231 g/mol. The van der Waals surface area contributed by atoms with Crippen LogP contribution in [0, 0.1) is 5.41 Å². The molecule has 4 nitrogen and oxygen atoms in total. The van der Waals surface area contributed by atoms with Gasteiger partial charge in [0.25, 0.3) is 0 Å². The molecular formula is C10H15ClN2O2. The number of amidine groups is 1. The van der Waals surface area contributed by atoms with E-state index in [0.717, 1.165) is 0 Å². The van der Waals surface area contributed by atoms with Crippen molar-refractivity contribution in [2.24, 2.45) is 5.73 Å². The summed E-state index contributed by atoms with van der Waals surface area (Å²) >= 11 is 0. The lowest BCUT2D eigenvalue weighted by Gasteiger charge is -2.10. The fourth-order valence-corrected chi connectivity index (χ4v) is 1.13. The molecular weight excluding hydrogens is 216 g/mol. The molecule has 0 atom stereocenters. The van der Waals surface area contributed by atoms with Gasteiger partial charge in [-0.15, -0.1) is 12.4 Å². The van der Waals surface area contributed by atoms with Gasteiger partial charge in [0.1, 0.15) is 17.3 Å². The number of benzene rings is 1. The first-order valence-corrected chi connectivity index (χ1v) is 4.34. The molecule has 3 N–H and O–H groups in total. The van der Waals surface area contributed by atoms with Crippen LogP contribution in [0.25, 0.3) is 0 Å². The van der Waals surface area contributed by atoms with Crippen molar-refractivity contribution < 1.29 is 9.47 Å². The van der Waals surface area contributed by atoms with Gasteiger partial charge in [-0.2, -0.15) is 0 Å². The Morgan fingerprint density at radius 3 is 2.60 bits per heavy atom. The Morgan fingerprint density at radius 2 is 2.13 bits per heavy atom. The maximum absolute atomic E-state index is 7.34. The summed E-state index contributed by atoms with van der Waals surface area (Å²) in [5.74, 6) is 1.27. The van der Waals surface area contributed by atoms with Crippen molar-refractivity contribution in [1.82, 2.24) is 0 Å². The fraction of sp³-hybridized carbons (Fsp3) is 0.300. The normalized spacial score (nSPS) is 8.93. The van der Waals surface area contributed by atoms with Crippen LogP contribution in [0.1, 0.15) is 12.5 Å². The summed E-state index contributed by atoms with van der Waals surface area (Å²) in [4.78, 5) is 0. The lowest BCUT2D eigenvalue weighted by Crippen LogP contribution is -2.13. The van der Waals surface area contributed by atoms with Gasteiger partial charge in [-0.05, 0) is 19.1 Å². The first-order chi connectivity index (χ1) is 6.69. The summed E-state index contributed by atoms with van der Waals surface area (Å²) in [5, 5.41) is 7.34. The zero-order valence-corrected chi connectivity index (χ0v) is 9.56. The monoisotopic (exact) mass is 230 g/mol. The van der Waals surface area contributed by atoms with Gasteiger partial charge in [0.15, 0.2) is 0 Å². The molecule has 1 rings (SSSR count). The van der Waals surface area contributed by atoms with Gasteiger partial charge in [0.2, 0.25) is 0 Å². The number of rotatable bonds is 4. The maximum Gasteiger partial charge on any atom is 0.133 e. The van der Waals surface area contributed by atoms with E-state index in [0.29, 0.717) is 23.7 Å². The number of hydrogen-bond acceptors (Lipinski definition) is 3. The van der Waals surface area contributed by atoms with Gasteiger partial charge in [-0.1, -0.05) is 0 Å². The molecule has 0 aliphatic carbocycles. The summed E-state index contributed by atoms with van der Waals surface area (Å²) in [6.07, 6.45) is 0. The second-order valence-electron chi connectivity index (χ2n) is 2.71. The standard InChI is InChI=1S/C10H14N2O2.ClH/c1-3-14-9-6-7(13-2)4-5-8(9)10(11)12;/h4-6H,3H2,1-2H3,(H3,11,12);1H. The molecule has 15 heavy (non-hydrogen) atoms. The van der Waals surface area contributed by atoms with Crippen LogP contribution in [-0.2, 0) is 0 Å². The molecule has 1 aromatic carbocycles. The summed E-state index contributed by atoms with van der Waals surface area (Å²) in [7, 11) is 1.58. The number of nitrogens with two attached hydrogens (primary N) is 1. The number of hydrogen-bond donors (Lipinski definition) is 2. The highest BCUT2D eigenvalue weighted by Gasteiger charge is 2.07. The molecule has 0 bridgehead atoms. The van der Waals surface area contributed by atoms with Crippen molar-refractivity contribution in [3.05, 3.63) is 23.8 Å². The fourth-order valence-electron chi connectivity index (χ4n) is 1.13. The van der Waals surface area contributed by atoms with Gasteiger partial charge in [0.05, 0.1) is 19.3 Å². The quantitative estimate of drug-likeness (QED) is 0.612. The molecule has 0 unspecified atom stereocenters. The highest BCUT2D eigenvalue weighted by atomic mass is 35.5. The van der Waals surface area contributed by atoms with Crippen molar-refractivity contribution in [3.63, 3.8) is 0 Å². The van der Waals surface area contributed by atoms with E-state index >= 15 is 0 Å². The Hall–Kier alpha value is -1.42. The first-order valence-electron chi connectivity index (χ1n) is 4.34. The van der Waals surface area contributed by atoms with Crippen molar-refractivity contribution in [1.29, 1.82) is 5.41 Å². The molecule has 0 spiro atoms. The van der Waals surface area contributed by atoms with Gasteiger partial charge >= 0.3 is 0 Å². The van der Waals surface area contributed by atoms with Gasteiger partial charge in [0, 0.05) is 6.07 Å². The maximum atomic E-state index is 7.34. The molecule has 0 amide bonds. The molecule has 1 aromatic rings. The zero-order valence-electron chi connectivity index (χ0n) is 8.74. The largest absolute Gasteiger partial charge is 0.497 e. The Labute approximate surface area is 95.3 Å². The number of nitrogens with one attached hydrogen (secondary N) is 1. The van der Waals surface area contributed by atoms with Crippen LogP contribution in [0.15, 0.2) is 18.2 Å². The molecule has 84 valence electrons. The second kappa shape index (κ2) is 6.14. The van der Waals surface area contributed by atoms with Crippen LogP contribution in [0.3, 0.4) is 0 Å². The van der Waals surface area contributed by atoms with E-state index < -0.39 is 0 Å². The Morgan fingerprint density at radius 1 is 1.47 bits per heavy atom. The molecule has 5 heteroatoms. The van der Waals surface area contributed by atoms with E-state index in [-0.39, 0.29) is 18.2 Å². The molecule has 0 heterocycles.